The van der Waals surface area contributed by atoms with E-state index >= 15 is 0 Å². The van der Waals surface area contributed by atoms with Crippen molar-refractivity contribution in [2.45, 2.75) is 26.7 Å². The zero-order chi connectivity index (χ0) is 14.8. The minimum atomic E-state index is -0.373. The molecule has 20 heavy (non-hydrogen) atoms. The summed E-state index contributed by atoms with van der Waals surface area (Å²) in [5.74, 6) is 7.67. The van der Waals surface area contributed by atoms with Gasteiger partial charge in [-0.3, -0.25) is 4.79 Å². The number of anilines is 2. The number of aryl methyl sites for hydroxylation is 1. The Morgan fingerprint density at radius 1 is 1.55 bits per heavy atom. The number of aromatic nitrogens is 2. The molecule has 0 saturated carbocycles. The van der Waals surface area contributed by atoms with Gasteiger partial charge < -0.3 is 15.6 Å². The van der Waals surface area contributed by atoms with Gasteiger partial charge in [-0.1, -0.05) is 6.92 Å². The lowest BCUT2D eigenvalue weighted by atomic mass is 9.89. The first-order valence-corrected chi connectivity index (χ1v) is 6.84. The summed E-state index contributed by atoms with van der Waals surface area (Å²) < 4.78 is 0. The van der Waals surface area contributed by atoms with Crippen molar-refractivity contribution in [2.75, 3.05) is 30.5 Å². The molecule has 110 valence electrons. The SMILES string of the molecule is CCc1nc(NN)cc(N2CCC(C)(C(=O)NC)C2)n1. The van der Waals surface area contributed by atoms with Crippen molar-refractivity contribution in [3.05, 3.63) is 11.9 Å². The predicted molar refractivity (Wildman–Crippen MR) is 78.2 cm³/mol. The highest BCUT2D eigenvalue weighted by Gasteiger charge is 2.40. The zero-order valence-electron chi connectivity index (χ0n) is 12.2. The van der Waals surface area contributed by atoms with Gasteiger partial charge in [0.05, 0.1) is 5.41 Å². The second kappa shape index (κ2) is 5.62. The predicted octanol–water partition coefficient (Wildman–Crippen LogP) is 0.287. The molecule has 0 aliphatic carbocycles. The Morgan fingerprint density at radius 2 is 2.30 bits per heavy atom. The van der Waals surface area contributed by atoms with E-state index < -0.39 is 0 Å². The van der Waals surface area contributed by atoms with Gasteiger partial charge in [0.1, 0.15) is 17.5 Å². The Hall–Kier alpha value is -1.89. The molecule has 4 N–H and O–H groups in total. The molecule has 0 spiro atoms. The largest absolute Gasteiger partial charge is 0.359 e. The van der Waals surface area contributed by atoms with Crippen LogP contribution in [0.2, 0.25) is 0 Å². The normalized spacial score (nSPS) is 21.9. The molecule has 0 aromatic carbocycles. The standard InChI is InChI=1S/C13H22N6O/c1-4-9-16-10(18-14)7-11(17-9)19-6-5-13(2,8-19)12(20)15-3/h7H,4-6,8,14H2,1-3H3,(H,15,20)(H,16,17,18). The maximum Gasteiger partial charge on any atom is 0.227 e. The number of hydrazine groups is 1. The third-order valence-corrected chi connectivity index (χ3v) is 3.80. The number of nitrogens with zero attached hydrogens (tertiary/aromatic N) is 3. The monoisotopic (exact) mass is 278 g/mol. The summed E-state index contributed by atoms with van der Waals surface area (Å²) in [5, 5.41) is 2.73. The van der Waals surface area contributed by atoms with Gasteiger partial charge in [-0.25, -0.2) is 15.8 Å². The van der Waals surface area contributed by atoms with Crippen LogP contribution in [-0.4, -0.2) is 36.0 Å². The Bertz CT molecular complexity index is 483. The summed E-state index contributed by atoms with van der Waals surface area (Å²) in [7, 11) is 1.67. The van der Waals surface area contributed by atoms with Crippen LogP contribution in [0.3, 0.4) is 0 Å². The highest BCUT2D eigenvalue weighted by Crippen LogP contribution is 2.33. The van der Waals surface area contributed by atoms with Gasteiger partial charge in [-0.2, -0.15) is 0 Å². The van der Waals surface area contributed by atoms with Crippen molar-refractivity contribution in [2.24, 2.45) is 11.3 Å². The third kappa shape index (κ3) is 2.67. The van der Waals surface area contributed by atoms with Gasteiger partial charge in [0.25, 0.3) is 0 Å². The number of amides is 1. The van der Waals surface area contributed by atoms with Gasteiger partial charge >= 0.3 is 0 Å². The number of nitrogens with one attached hydrogen (secondary N) is 2. The molecule has 1 amide bonds. The summed E-state index contributed by atoms with van der Waals surface area (Å²) in [4.78, 5) is 22.9. The van der Waals surface area contributed by atoms with Gasteiger partial charge in [-0.05, 0) is 13.3 Å². The number of hydrogen-bond donors (Lipinski definition) is 3. The van der Waals surface area contributed by atoms with Crippen molar-refractivity contribution in [3.63, 3.8) is 0 Å². The second-order valence-corrected chi connectivity index (χ2v) is 5.34. The molecule has 0 radical (unpaired) electrons. The van der Waals surface area contributed by atoms with Gasteiger partial charge in [0.2, 0.25) is 5.91 Å². The van der Waals surface area contributed by atoms with Crippen LogP contribution in [0, 0.1) is 5.41 Å². The molecule has 1 fully saturated rings. The minimum Gasteiger partial charge on any atom is -0.359 e. The van der Waals surface area contributed by atoms with E-state index in [0.717, 1.165) is 31.0 Å². The smallest absolute Gasteiger partial charge is 0.227 e. The van der Waals surface area contributed by atoms with Crippen molar-refractivity contribution in [1.29, 1.82) is 0 Å². The number of nitrogen functional groups attached to an aromatic ring is 1. The molecular formula is C13H22N6O. The van der Waals surface area contributed by atoms with E-state index in [0.29, 0.717) is 12.4 Å². The van der Waals surface area contributed by atoms with Crippen LogP contribution < -0.4 is 21.5 Å². The number of carbonyl (C=O) groups is 1. The Morgan fingerprint density at radius 3 is 2.90 bits per heavy atom. The first kappa shape index (κ1) is 14.5. The van der Waals surface area contributed by atoms with Gasteiger partial charge in [0.15, 0.2) is 0 Å². The lowest BCUT2D eigenvalue weighted by Crippen LogP contribution is -2.39. The fourth-order valence-corrected chi connectivity index (χ4v) is 2.52. The number of carbonyl (C=O) groups excluding carboxylic acids is 1. The molecular weight excluding hydrogens is 256 g/mol. The van der Waals surface area contributed by atoms with E-state index in [9.17, 15) is 4.79 Å². The fraction of sp³-hybridized carbons (Fsp3) is 0.615. The van der Waals surface area contributed by atoms with Crippen molar-refractivity contribution in [1.82, 2.24) is 15.3 Å². The molecule has 7 nitrogen and oxygen atoms in total. The summed E-state index contributed by atoms with van der Waals surface area (Å²) in [6.07, 6.45) is 1.55. The van der Waals surface area contributed by atoms with Crippen LogP contribution in [-0.2, 0) is 11.2 Å². The van der Waals surface area contributed by atoms with Crippen LogP contribution in [0.5, 0.6) is 0 Å². The van der Waals surface area contributed by atoms with Crippen molar-refractivity contribution < 1.29 is 4.79 Å². The zero-order valence-corrected chi connectivity index (χ0v) is 12.2. The number of rotatable bonds is 4. The molecule has 1 saturated heterocycles. The van der Waals surface area contributed by atoms with Crippen LogP contribution in [0.15, 0.2) is 6.07 Å². The molecule has 2 heterocycles. The second-order valence-electron chi connectivity index (χ2n) is 5.34. The Balaban J connectivity index is 2.23. The fourth-order valence-electron chi connectivity index (χ4n) is 2.52. The lowest BCUT2D eigenvalue weighted by molar-refractivity contribution is -0.128. The van der Waals surface area contributed by atoms with Crippen molar-refractivity contribution in [3.8, 4) is 0 Å². The first-order valence-electron chi connectivity index (χ1n) is 6.84. The van der Waals surface area contributed by atoms with E-state index in [1.54, 1.807) is 7.05 Å². The summed E-state index contributed by atoms with van der Waals surface area (Å²) in [6.45, 7) is 5.43. The first-order chi connectivity index (χ1) is 9.52. The molecule has 2 rings (SSSR count). The average Bonchev–Trinajstić information content (AvgIpc) is 2.89. The maximum atomic E-state index is 12.0. The molecule has 7 heteroatoms. The quantitative estimate of drug-likeness (QED) is 0.541. The minimum absolute atomic E-state index is 0.0712. The maximum absolute atomic E-state index is 12.0. The summed E-state index contributed by atoms with van der Waals surface area (Å²) >= 11 is 0. The Labute approximate surface area is 118 Å². The van der Waals surface area contributed by atoms with Crippen LogP contribution >= 0.6 is 0 Å². The molecule has 1 aromatic rings. The number of hydrogen-bond acceptors (Lipinski definition) is 6. The van der Waals surface area contributed by atoms with Crippen LogP contribution in [0.4, 0.5) is 11.6 Å². The van der Waals surface area contributed by atoms with E-state index in [4.69, 9.17) is 5.84 Å². The molecule has 1 aliphatic heterocycles. The van der Waals surface area contributed by atoms with E-state index in [1.807, 2.05) is 19.9 Å². The van der Waals surface area contributed by atoms with E-state index in [1.165, 1.54) is 0 Å². The molecule has 1 aliphatic rings. The third-order valence-electron chi connectivity index (χ3n) is 3.80. The van der Waals surface area contributed by atoms with Crippen LogP contribution in [0.25, 0.3) is 0 Å². The lowest BCUT2D eigenvalue weighted by Gasteiger charge is -2.23. The molecule has 1 atom stereocenters. The molecule has 1 aromatic heterocycles. The molecule has 0 bridgehead atoms. The van der Waals surface area contributed by atoms with Crippen LogP contribution in [0.1, 0.15) is 26.1 Å². The molecule has 1 unspecified atom stereocenters. The van der Waals surface area contributed by atoms with Gasteiger partial charge in [-0.15, -0.1) is 0 Å². The van der Waals surface area contributed by atoms with Crippen molar-refractivity contribution >= 4 is 17.5 Å². The summed E-state index contributed by atoms with van der Waals surface area (Å²) in [5.41, 5.74) is 2.19. The van der Waals surface area contributed by atoms with Gasteiger partial charge in [0, 0.05) is 32.6 Å². The highest BCUT2D eigenvalue weighted by molar-refractivity contribution is 5.83. The Kier molecular flexibility index (Phi) is 4.08. The summed E-state index contributed by atoms with van der Waals surface area (Å²) in [6, 6.07) is 1.81. The van der Waals surface area contributed by atoms with E-state index in [2.05, 4.69) is 25.6 Å². The average molecular weight is 278 g/mol. The van der Waals surface area contributed by atoms with E-state index in [-0.39, 0.29) is 11.3 Å². The number of nitrogens with two attached hydrogens (primary N) is 1. The topological polar surface area (TPSA) is 96.2 Å². The highest BCUT2D eigenvalue weighted by atomic mass is 16.2.